The SMILES string of the molecule is CCCn1c(CCC(=O)Nc2cccc(Cl)c2)nc2cc(S(=O)(=O)N(CC)CC)ccc21. The van der Waals surface area contributed by atoms with E-state index in [0.29, 0.717) is 35.7 Å². The summed E-state index contributed by atoms with van der Waals surface area (Å²) in [6, 6.07) is 12.1. The van der Waals surface area contributed by atoms with Crippen LogP contribution in [-0.4, -0.2) is 41.3 Å². The molecule has 0 unspecified atom stereocenters. The van der Waals surface area contributed by atoms with Crippen molar-refractivity contribution in [3.05, 3.63) is 53.3 Å². The molecule has 1 amide bonds. The molecule has 172 valence electrons. The molecule has 9 heteroatoms. The molecule has 1 heterocycles. The van der Waals surface area contributed by atoms with E-state index in [-0.39, 0.29) is 17.2 Å². The van der Waals surface area contributed by atoms with Gasteiger partial charge < -0.3 is 9.88 Å². The zero-order valence-electron chi connectivity index (χ0n) is 18.6. The number of carbonyl (C=O) groups is 1. The van der Waals surface area contributed by atoms with Gasteiger partial charge >= 0.3 is 0 Å². The van der Waals surface area contributed by atoms with Gasteiger partial charge in [-0.15, -0.1) is 0 Å². The van der Waals surface area contributed by atoms with Gasteiger partial charge in [-0.3, -0.25) is 4.79 Å². The first-order valence-electron chi connectivity index (χ1n) is 10.8. The van der Waals surface area contributed by atoms with Crippen LogP contribution in [0.4, 0.5) is 5.69 Å². The number of hydrogen-bond donors (Lipinski definition) is 1. The summed E-state index contributed by atoms with van der Waals surface area (Å²) >= 11 is 5.97. The summed E-state index contributed by atoms with van der Waals surface area (Å²) in [6.45, 7) is 7.27. The topological polar surface area (TPSA) is 84.3 Å². The maximum Gasteiger partial charge on any atom is 0.243 e. The van der Waals surface area contributed by atoms with Gasteiger partial charge in [0.2, 0.25) is 15.9 Å². The number of rotatable bonds is 10. The molecule has 0 aliphatic rings. The molecule has 32 heavy (non-hydrogen) atoms. The Hall–Kier alpha value is -2.42. The Bertz CT molecular complexity index is 1200. The normalized spacial score (nSPS) is 11.9. The average molecular weight is 477 g/mol. The first kappa shape index (κ1) is 24.2. The monoisotopic (exact) mass is 476 g/mol. The summed E-state index contributed by atoms with van der Waals surface area (Å²) in [5, 5.41) is 3.41. The minimum Gasteiger partial charge on any atom is -0.328 e. The highest BCUT2D eigenvalue weighted by Crippen LogP contribution is 2.24. The molecule has 0 saturated heterocycles. The molecular formula is C23H29ClN4O3S. The van der Waals surface area contributed by atoms with Crippen LogP contribution in [0.5, 0.6) is 0 Å². The van der Waals surface area contributed by atoms with E-state index in [1.807, 2.05) is 19.9 Å². The number of nitrogens with zero attached hydrogens (tertiary/aromatic N) is 3. The fourth-order valence-corrected chi connectivity index (χ4v) is 5.38. The molecule has 2 aromatic carbocycles. The fourth-order valence-electron chi connectivity index (χ4n) is 3.71. The number of benzene rings is 2. The average Bonchev–Trinajstić information content (AvgIpc) is 3.10. The van der Waals surface area contributed by atoms with Crippen molar-refractivity contribution in [2.45, 2.75) is 51.5 Å². The molecule has 0 fully saturated rings. The molecule has 0 aliphatic heterocycles. The standard InChI is InChI=1S/C23H29ClN4O3S/c1-4-14-28-21-11-10-19(32(30,31)27(5-2)6-3)16-20(21)26-22(28)12-13-23(29)25-18-9-7-8-17(24)15-18/h7-11,15-16H,4-6,12-14H2,1-3H3,(H,25,29). The van der Waals surface area contributed by atoms with E-state index in [4.69, 9.17) is 11.6 Å². The highest BCUT2D eigenvalue weighted by Gasteiger charge is 2.23. The molecular weight excluding hydrogens is 448 g/mol. The maximum atomic E-state index is 12.9. The molecule has 1 aromatic heterocycles. The summed E-state index contributed by atoms with van der Waals surface area (Å²) in [7, 11) is -3.56. The van der Waals surface area contributed by atoms with E-state index in [2.05, 4.69) is 21.8 Å². The lowest BCUT2D eigenvalue weighted by Crippen LogP contribution is -2.30. The number of imidazole rings is 1. The zero-order valence-corrected chi connectivity index (χ0v) is 20.2. The number of carbonyl (C=O) groups excluding carboxylic acids is 1. The second kappa shape index (κ2) is 10.5. The second-order valence-electron chi connectivity index (χ2n) is 7.48. The maximum absolute atomic E-state index is 12.9. The Morgan fingerprint density at radius 1 is 1.12 bits per heavy atom. The third-order valence-corrected chi connectivity index (χ3v) is 7.55. The Morgan fingerprint density at radius 3 is 2.53 bits per heavy atom. The van der Waals surface area contributed by atoms with Crippen LogP contribution in [0.2, 0.25) is 5.02 Å². The Balaban J connectivity index is 1.84. The van der Waals surface area contributed by atoms with E-state index in [9.17, 15) is 13.2 Å². The summed E-state index contributed by atoms with van der Waals surface area (Å²) < 4.78 is 29.3. The zero-order chi connectivity index (χ0) is 23.3. The smallest absolute Gasteiger partial charge is 0.243 e. The summed E-state index contributed by atoms with van der Waals surface area (Å²) in [6.07, 6.45) is 1.59. The van der Waals surface area contributed by atoms with E-state index in [1.54, 1.807) is 36.4 Å². The Morgan fingerprint density at radius 2 is 1.88 bits per heavy atom. The van der Waals surface area contributed by atoms with Crippen LogP contribution in [0.15, 0.2) is 47.4 Å². The predicted molar refractivity (Wildman–Crippen MR) is 129 cm³/mol. The van der Waals surface area contributed by atoms with Gasteiger partial charge in [0, 0.05) is 43.2 Å². The minimum absolute atomic E-state index is 0.132. The third-order valence-electron chi connectivity index (χ3n) is 5.27. The Labute approximate surface area is 194 Å². The highest BCUT2D eigenvalue weighted by molar-refractivity contribution is 7.89. The Kier molecular flexibility index (Phi) is 7.92. The van der Waals surface area contributed by atoms with E-state index in [0.717, 1.165) is 24.3 Å². The largest absolute Gasteiger partial charge is 0.328 e. The van der Waals surface area contributed by atoms with Gasteiger partial charge in [0.05, 0.1) is 15.9 Å². The van der Waals surface area contributed by atoms with Crippen molar-refractivity contribution >= 4 is 44.3 Å². The van der Waals surface area contributed by atoms with E-state index < -0.39 is 10.0 Å². The number of anilines is 1. The molecule has 1 N–H and O–H groups in total. The highest BCUT2D eigenvalue weighted by atomic mass is 35.5. The van der Waals surface area contributed by atoms with Gasteiger partial charge in [-0.2, -0.15) is 4.31 Å². The van der Waals surface area contributed by atoms with Crippen LogP contribution in [0.3, 0.4) is 0 Å². The molecule has 7 nitrogen and oxygen atoms in total. The quantitative estimate of drug-likeness (QED) is 0.459. The molecule has 0 radical (unpaired) electrons. The van der Waals surface area contributed by atoms with Crippen LogP contribution in [0.1, 0.15) is 39.4 Å². The van der Waals surface area contributed by atoms with Crippen molar-refractivity contribution in [1.82, 2.24) is 13.9 Å². The first-order chi connectivity index (χ1) is 15.3. The van der Waals surface area contributed by atoms with E-state index in [1.165, 1.54) is 4.31 Å². The van der Waals surface area contributed by atoms with E-state index >= 15 is 0 Å². The number of amides is 1. The molecule has 3 rings (SSSR count). The fraction of sp³-hybridized carbons (Fsp3) is 0.391. The number of aromatic nitrogens is 2. The van der Waals surface area contributed by atoms with Crippen molar-refractivity contribution in [3.8, 4) is 0 Å². The second-order valence-corrected chi connectivity index (χ2v) is 9.85. The number of sulfonamides is 1. The van der Waals surface area contributed by atoms with Gasteiger partial charge in [-0.1, -0.05) is 38.4 Å². The van der Waals surface area contributed by atoms with Gasteiger partial charge in [0.1, 0.15) is 5.82 Å². The first-order valence-corrected chi connectivity index (χ1v) is 12.7. The molecule has 0 atom stereocenters. The summed E-state index contributed by atoms with van der Waals surface area (Å²) in [5.41, 5.74) is 2.14. The number of nitrogens with one attached hydrogen (secondary N) is 1. The van der Waals surface area contributed by atoms with Crippen LogP contribution < -0.4 is 5.32 Å². The van der Waals surface area contributed by atoms with Crippen molar-refractivity contribution in [3.63, 3.8) is 0 Å². The number of halogens is 1. The van der Waals surface area contributed by atoms with Crippen molar-refractivity contribution in [2.75, 3.05) is 18.4 Å². The third kappa shape index (κ3) is 5.31. The molecule has 3 aromatic rings. The molecule has 0 aliphatic carbocycles. The number of aryl methyl sites for hydroxylation is 2. The van der Waals surface area contributed by atoms with Crippen LogP contribution in [0, 0.1) is 0 Å². The lowest BCUT2D eigenvalue weighted by atomic mass is 10.2. The molecule has 0 spiro atoms. The van der Waals surface area contributed by atoms with Gasteiger partial charge in [0.15, 0.2) is 0 Å². The van der Waals surface area contributed by atoms with Gasteiger partial charge in [-0.25, -0.2) is 13.4 Å². The molecule has 0 bridgehead atoms. The molecule has 0 saturated carbocycles. The lowest BCUT2D eigenvalue weighted by molar-refractivity contribution is -0.116. The summed E-state index contributed by atoms with van der Waals surface area (Å²) in [5.74, 6) is 0.632. The van der Waals surface area contributed by atoms with Crippen molar-refractivity contribution in [2.24, 2.45) is 0 Å². The van der Waals surface area contributed by atoms with Crippen molar-refractivity contribution in [1.29, 1.82) is 0 Å². The summed E-state index contributed by atoms with van der Waals surface area (Å²) in [4.78, 5) is 17.4. The van der Waals surface area contributed by atoms with Gasteiger partial charge in [0.25, 0.3) is 0 Å². The predicted octanol–water partition coefficient (Wildman–Crippen LogP) is 4.70. The number of hydrogen-bond acceptors (Lipinski definition) is 4. The van der Waals surface area contributed by atoms with Crippen molar-refractivity contribution < 1.29 is 13.2 Å². The van der Waals surface area contributed by atoms with Gasteiger partial charge in [-0.05, 0) is 42.8 Å². The minimum atomic E-state index is -3.56. The lowest BCUT2D eigenvalue weighted by Gasteiger charge is -2.18. The van der Waals surface area contributed by atoms with Crippen LogP contribution in [0.25, 0.3) is 11.0 Å². The number of fused-ring (bicyclic) bond motifs is 1. The van der Waals surface area contributed by atoms with Crippen LogP contribution >= 0.6 is 11.6 Å². The van der Waals surface area contributed by atoms with Crippen LogP contribution in [-0.2, 0) is 27.8 Å².